The number of hydrogen-bond donors (Lipinski definition) is 1. The molecule has 3 rings (SSSR count). The standard InChI is InChI=1S/C19H19FN2O3S/c20-15-6-8-16(9-7-15)22-11-17(25-19(22)24)10-21-18(23)13-26-12-14-4-2-1-3-5-14/h1-9,17H,10-13H2,(H,21,23)/t17-/m1/s1. The van der Waals surface area contributed by atoms with E-state index in [2.05, 4.69) is 5.32 Å². The minimum Gasteiger partial charge on any atom is -0.442 e. The first kappa shape index (κ1) is 18.3. The van der Waals surface area contributed by atoms with Crippen molar-refractivity contribution in [2.24, 2.45) is 0 Å². The van der Waals surface area contributed by atoms with Crippen molar-refractivity contribution >= 4 is 29.4 Å². The summed E-state index contributed by atoms with van der Waals surface area (Å²) in [4.78, 5) is 25.3. The first-order valence-corrected chi connectivity index (χ1v) is 9.39. The van der Waals surface area contributed by atoms with E-state index in [9.17, 15) is 14.0 Å². The molecule has 0 bridgehead atoms. The second kappa shape index (κ2) is 8.71. The summed E-state index contributed by atoms with van der Waals surface area (Å²) >= 11 is 1.53. The summed E-state index contributed by atoms with van der Waals surface area (Å²) in [6, 6.07) is 15.6. The fourth-order valence-electron chi connectivity index (χ4n) is 2.57. The number of carbonyl (C=O) groups excluding carboxylic acids is 2. The molecule has 1 N–H and O–H groups in total. The van der Waals surface area contributed by atoms with Gasteiger partial charge in [-0.15, -0.1) is 11.8 Å². The van der Waals surface area contributed by atoms with Gasteiger partial charge in [0.1, 0.15) is 11.9 Å². The Kier molecular flexibility index (Phi) is 6.12. The highest BCUT2D eigenvalue weighted by atomic mass is 32.2. The van der Waals surface area contributed by atoms with Gasteiger partial charge in [-0.1, -0.05) is 30.3 Å². The van der Waals surface area contributed by atoms with Crippen molar-refractivity contribution in [3.8, 4) is 0 Å². The van der Waals surface area contributed by atoms with Crippen LogP contribution in [0.2, 0.25) is 0 Å². The van der Waals surface area contributed by atoms with Crippen LogP contribution in [0.1, 0.15) is 5.56 Å². The van der Waals surface area contributed by atoms with Crippen molar-refractivity contribution in [2.75, 3.05) is 23.7 Å². The number of cyclic esters (lactones) is 1. The Morgan fingerprint density at radius 1 is 1.19 bits per heavy atom. The normalized spacial score (nSPS) is 16.4. The maximum atomic E-state index is 13.0. The van der Waals surface area contributed by atoms with Gasteiger partial charge in [-0.2, -0.15) is 0 Å². The van der Waals surface area contributed by atoms with Crippen molar-refractivity contribution < 1.29 is 18.7 Å². The minimum atomic E-state index is -0.491. The van der Waals surface area contributed by atoms with E-state index in [-0.39, 0.29) is 18.3 Å². The van der Waals surface area contributed by atoms with Gasteiger partial charge in [0.25, 0.3) is 0 Å². The van der Waals surface area contributed by atoms with E-state index < -0.39 is 12.2 Å². The van der Waals surface area contributed by atoms with Crippen LogP contribution in [-0.4, -0.2) is 36.9 Å². The molecular formula is C19H19FN2O3S. The quantitative estimate of drug-likeness (QED) is 0.809. The van der Waals surface area contributed by atoms with Crippen LogP contribution in [0.15, 0.2) is 54.6 Å². The second-order valence-corrected chi connectivity index (χ2v) is 6.86. The summed E-state index contributed by atoms with van der Waals surface area (Å²) in [5, 5.41) is 2.79. The number of nitrogens with zero attached hydrogens (tertiary/aromatic N) is 1. The number of anilines is 1. The topological polar surface area (TPSA) is 58.6 Å². The molecule has 26 heavy (non-hydrogen) atoms. The second-order valence-electron chi connectivity index (χ2n) is 5.88. The van der Waals surface area contributed by atoms with E-state index in [0.29, 0.717) is 18.0 Å². The third-order valence-corrected chi connectivity index (χ3v) is 4.89. The summed E-state index contributed by atoms with van der Waals surface area (Å²) < 4.78 is 18.2. The largest absolute Gasteiger partial charge is 0.442 e. The molecule has 2 amide bonds. The van der Waals surface area contributed by atoms with Crippen LogP contribution in [0.4, 0.5) is 14.9 Å². The summed E-state index contributed by atoms with van der Waals surface area (Å²) in [5.41, 5.74) is 1.74. The molecule has 1 fully saturated rings. The average molecular weight is 374 g/mol. The smallest absolute Gasteiger partial charge is 0.414 e. The van der Waals surface area contributed by atoms with Gasteiger partial charge < -0.3 is 10.1 Å². The molecular weight excluding hydrogens is 355 g/mol. The van der Waals surface area contributed by atoms with Gasteiger partial charge in [-0.3, -0.25) is 9.69 Å². The Hall–Kier alpha value is -2.54. The fourth-order valence-corrected chi connectivity index (χ4v) is 3.39. The average Bonchev–Trinajstić information content (AvgIpc) is 3.02. The zero-order chi connectivity index (χ0) is 18.4. The van der Waals surface area contributed by atoms with E-state index in [1.807, 2.05) is 30.3 Å². The number of benzene rings is 2. The lowest BCUT2D eigenvalue weighted by atomic mass is 10.2. The van der Waals surface area contributed by atoms with Gasteiger partial charge in [-0.05, 0) is 29.8 Å². The molecule has 0 aliphatic carbocycles. The van der Waals surface area contributed by atoms with Crippen LogP contribution in [0.3, 0.4) is 0 Å². The Labute approximate surface area is 155 Å². The number of ether oxygens (including phenoxy) is 1. The molecule has 1 aliphatic rings. The Bertz CT molecular complexity index is 755. The third kappa shape index (κ3) is 4.98. The molecule has 1 heterocycles. The molecule has 136 valence electrons. The third-order valence-electron chi connectivity index (χ3n) is 3.88. The zero-order valence-corrected chi connectivity index (χ0v) is 14.9. The molecule has 0 saturated carbocycles. The number of hydrogen-bond acceptors (Lipinski definition) is 4. The molecule has 0 spiro atoms. The maximum absolute atomic E-state index is 13.0. The molecule has 2 aromatic rings. The van der Waals surface area contributed by atoms with Crippen LogP contribution in [0.25, 0.3) is 0 Å². The highest BCUT2D eigenvalue weighted by molar-refractivity contribution is 7.99. The van der Waals surface area contributed by atoms with Crippen LogP contribution in [-0.2, 0) is 15.3 Å². The van der Waals surface area contributed by atoms with E-state index in [0.717, 1.165) is 5.75 Å². The van der Waals surface area contributed by atoms with Crippen LogP contribution >= 0.6 is 11.8 Å². The number of halogens is 1. The molecule has 2 aromatic carbocycles. The minimum absolute atomic E-state index is 0.0952. The highest BCUT2D eigenvalue weighted by Gasteiger charge is 2.32. The lowest BCUT2D eigenvalue weighted by molar-refractivity contribution is -0.118. The van der Waals surface area contributed by atoms with Gasteiger partial charge in [-0.25, -0.2) is 9.18 Å². The van der Waals surface area contributed by atoms with Crippen molar-refractivity contribution in [2.45, 2.75) is 11.9 Å². The maximum Gasteiger partial charge on any atom is 0.414 e. The van der Waals surface area contributed by atoms with Gasteiger partial charge in [0.05, 0.1) is 18.8 Å². The molecule has 0 aromatic heterocycles. The fraction of sp³-hybridized carbons (Fsp3) is 0.263. The predicted octanol–water partition coefficient (Wildman–Crippen LogP) is 3.20. The Morgan fingerprint density at radius 3 is 2.65 bits per heavy atom. The molecule has 1 saturated heterocycles. The highest BCUT2D eigenvalue weighted by Crippen LogP contribution is 2.21. The number of rotatable bonds is 7. The number of thioether (sulfide) groups is 1. The van der Waals surface area contributed by atoms with E-state index in [1.54, 1.807) is 0 Å². The molecule has 0 unspecified atom stereocenters. The summed E-state index contributed by atoms with van der Waals surface area (Å²) in [6.45, 7) is 0.579. The molecule has 5 nitrogen and oxygen atoms in total. The lowest BCUT2D eigenvalue weighted by Gasteiger charge is -2.13. The Balaban J connectivity index is 1.40. The van der Waals surface area contributed by atoms with Crippen molar-refractivity contribution in [1.29, 1.82) is 0 Å². The van der Waals surface area contributed by atoms with Crippen molar-refractivity contribution in [3.63, 3.8) is 0 Å². The van der Waals surface area contributed by atoms with E-state index >= 15 is 0 Å². The molecule has 1 aliphatic heterocycles. The van der Waals surface area contributed by atoms with E-state index in [4.69, 9.17) is 4.74 Å². The van der Waals surface area contributed by atoms with Crippen LogP contribution < -0.4 is 10.2 Å². The molecule has 1 atom stereocenters. The van der Waals surface area contributed by atoms with Crippen LogP contribution in [0.5, 0.6) is 0 Å². The number of nitrogens with one attached hydrogen (secondary N) is 1. The Morgan fingerprint density at radius 2 is 1.92 bits per heavy atom. The first-order valence-electron chi connectivity index (χ1n) is 8.24. The van der Waals surface area contributed by atoms with Crippen molar-refractivity contribution in [1.82, 2.24) is 5.32 Å². The lowest BCUT2D eigenvalue weighted by Crippen LogP contribution is -2.35. The zero-order valence-electron chi connectivity index (χ0n) is 14.1. The van der Waals surface area contributed by atoms with Gasteiger partial charge in [0.15, 0.2) is 0 Å². The summed E-state index contributed by atoms with van der Waals surface area (Å²) in [6.07, 6.45) is -0.912. The van der Waals surface area contributed by atoms with Gasteiger partial charge >= 0.3 is 6.09 Å². The number of amides is 2. The summed E-state index contributed by atoms with van der Waals surface area (Å²) in [7, 11) is 0. The summed E-state index contributed by atoms with van der Waals surface area (Å²) in [5.74, 6) is 0.655. The SMILES string of the molecule is O=C(CSCc1ccccc1)NC[C@@H]1CN(c2ccc(F)cc2)C(=O)O1. The number of carbonyl (C=O) groups is 2. The molecule has 7 heteroatoms. The monoisotopic (exact) mass is 374 g/mol. The van der Waals surface area contributed by atoms with Gasteiger partial charge in [0, 0.05) is 11.4 Å². The molecule has 0 radical (unpaired) electrons. The van der Waals surface area contributed by atoms with E-state index in [1.165, 1.54) is 46.5 Å². The predicted molar refractivity (Wildman–Crippen MR) is 99.6 cm³/mol. The van der Waals surface area contributed by atoms with Gasteiger partial charge in [0.2, 0.25) is 5.91 Å². The first-order chi connectivity index (χ1) is 12.6. The van der Waals surface area contributed by atoms with Crippen molar-refractivity contribution in [3.05, 3.63) is 66.0 Å². The van der Waals surface area contributed by atoms with Crippen LogP contribution in [0, 0.1) is 5.82 Å².